The van der Waals surface area contributed by atoms with Gasteiger partial charge >= 0.3 is 10.2 Å². The lowest BCUT2D eigenvalue weighted by atomic mass is 9.94. The largest absolute Gasteiger partial charge is 0.453 e. The highest BCUT2D eigenvalue weighted by atomic mass is 32.2. The summed E-state index contributed by atoms with van der Waals surface area (Å²) in [5, 5.41) is 12.4. The highest BCUT2D eigenvalue weighted by molar-refractivity contribution is 7.90. The van der Waals surface area contributed by atoms with Crippen LogP contribution in [-0.4, -0.2) is 125 Å². The fraction of sp³-hybridized carbons (Fsp3) is 0.396. The van der Waals surface area contributed by atoms with Crippen molar-refractivity contribution in [2.75, 3.05) is 66.9 Å². The minimum Gasteiger partial charge on any atom is -0.453 e. The molecule has 364 valence electrons. The van der Waals surface area contributed by atoms with Crippen molar-refractivity contribution < 1.29 is 40.7 Å². The Morgan fingerprint density at radius 2 is 1.73 bits per heavy atom. The number of nitrogens with zero attached hydrogens (tertiary/aromatic N) is 9. The van der Waals surface area contributed by atoms with Crippen LogP contribution in [0.15, 0.2) is 71.9 Å². The molecule has 18 nitrogen and oxygen atoms in total. The van der Waals surface area contributed by atoms with Crippen LogP contribution in [0.2, 0.25) is 0 Å². The predicted molar refractivity (Wildman–Crippen MR) is 251 cm³/mol. The third-order valence-corrected chi connectivity index (χ3v) is 15.5. The molecule has 0 aliphatic carbocycles. The van der Waals surface area contributed by atoms with E-state index >= 15 is 8.78 Å². The number of carbonyl (C=O) groups excluding carboxylic acids is 3. The van der Waals surface area contributed by atoms with Gasteiger partial charge < -0.3 is 19.4 Å². The minimum absolute atomic E-state index is 0.0127. The average Bonchev–Trinajstić information content (AvgIpc) is 3.94. The highest BCUT2D eigenvalue weighted by Gasteiger charge is 2.41. The Morgan fingerprint density at radius 3 is 2.44 bits per heavy atom. The number of carbonyl (C=O) groups is 3. The summed E-state index contributed by atoms with van der Waals surface area (Å²) in [6.45, 7) is 6.36. The lowest BCUT2D eigenvalue weighted by Crippen LogP contribution is -2.53. The standard InChI is InChI=1S/C48H48F3N11O7S/c1-28-23-57(24-29-12-15-58(16-13-29)40-8-4-33-36(44(40)51)26-61(47(33)65)41-9-11-43(63)55-46(41)64)18-19-60(28)31-2-10-42(53-22-31)62-27-54-38-6-3-32(20-34(38)48(62)66)69-45-35(21-52)39(7-5-37(45)50)56-70(67,68)59-17-14-30(49)25-59/h2-8,10,20,22,27-30,41,56H,9,11-19,23-26H2,1H3,(H,55,63,64)/t28-,30+,41-/m0/s1. The number of aromatic nitrogens is 3. The van der Waals surface area contributed by atoms with Crippen molar-refractivity contribution in [2.24, 2.45) is 5.92 Å². The number of fused-ring (bicyclic) bond motifs is 2. The number of imide groups is 1. The maximum Gasteiger partial charge on any atom is 0.301 e. The Labute approximate surface area is 400 Å². The van der Waals surface area contributed by atoms with E-state index < -0.39 is 62.7 Å². The fourth-order valence-corrected chi connectivity index (χ4v) is 11.5. The van der Waals surface area contributed by atoms with E-state index in [0.717, 1.165) is 61.1 Å². The molecule has 7 heterocycles. The summed E-state index contributed by atoms with van der Waals surface area (Å²) in [6.07, 6.45) is 3.87. The number of pyridine rings is 1. The van der Waals surface area contributed by atoms with Crippen molar-refractivity contribution in [1.29, 1.82) is 5.26 Å². The normalized spacial score (nSPS) is 21.6. The molecule has 4 saturated heterocycles. The van der Waals surface area contributed by atoms with Crippen molar-refractivity contribution in [3.63, 3.8) is 0 Å². The molecule has 70 heavy (non-hydrogen) atoms. The molecular formula is C48H48F3N11O7S. The van der Waals surface area contributed by atoms with Gasteiger partial charge in [0, 0.05) is 75.9 Å². The Kier molecular flexibility index (Phi) is 12.4. The number of benzene rings is 3. The Bertz CT molecular complexity index is 3150. The Balaban J connectivity index is 0.751. The van der Waals surface area contributed by atoms with E-state index in [1.807, 2.05) is 11.0 Å². The molecule has 3 amide bonds. The first-order valence-corrected chi connectivity index (χ1v) is 24.6. The summed E-state index contributed by atoms with van der Waals surface area (Å²) >= 11 is 0. The van der Waals surface area contributed by atoms with Crippen molar-refractivity contribution in [1.82, 2.24) is 34.0 Å². The summed E-state index contributed by atoms with van der Waals surface area (Å²) in [6, 6.07) is 14.4. The van der Waals surface area contributed by atoms with Gasteiger partial charge in [0.25, 0.3) is 11.5 Å². The van der Waals surface area contributed by atoms with E-state index in [0.29, 0.717) is 36.0 Å². The van der Waals surface area contributed by atoms with Crippen LogP contribution in [-0.2, 0) is 26.3 Å². The molecule has 2 N–H and O–H groups in total. The second-order valence-corrected chi connectivity index (χ2v) is 20.1. The SMILES string of the molecule is C[C@H]1CN(CC2CCN(c3ccc4c(c3F)CN([C@H]3CCC(=O)NC3=O)C4=O)CC2)CCN1c1ccc(-n2cnc3ccc(Oc4c(F)ccc(NS(=O)(=O)N5CC[C@@H](F)C5)c4C#N)cc3c2=O)nc1. The number of hydrogen-bond acceptors (Lipinski definition) is 13. The summed E-state index contributed by atoms with van der Waals surface area (Å²) in [4.78, 5) is 68.4. The molecule has 0 unspecified atom stereocenters. The van der Waals surface area contributed by atoms with Crippen LogP contribution in [0.5, 0.6) is 11.5 Å². The van der Waals surface area contributed by atoms with Gasteiger partial charge in [0.05, 0.1) is 40.7 Å². The van der Waals surface area contributed by atoms with Crippen molar-refractivity contribution in [3.05, 3.63) is 106 Å². The molecule has 3 atom stereocenters. The maximum absolute atomic E-state index is 16.0. The van der Waals surface area contributed by atoms with Gasteiger partial charge in [-0.3, -0.25) is 38.7 Å². The quantitative estimate of drug-likeness (QED) is 0.174. The highest BCUT2D eigenvalue weighted by Crippen LogP contribution is 2.37. The van der Waals surface area contributed by atoms with E-state index in [1.165, 1.54) is 34.0 Å². The van der Waals surface area contributed by atoms with Crippen LogP contribution in [0.1, 0.15) is 60.5 Å². The predicted octanol–water partition coefficient (Wildman–Crippen LogP) is 4.61. The van der Waals surface area contributed by atoms with Crippen LogP contribution in [0.3, 0.4) is 0 Å². The molecule has 3 aromatic carbocycles. The maximum atomic E-state index is 16.0. The number of piperidine rings is 2. The van der Waals surface area contributed by atoms with Gasteiger partial charge in [0.15, 0.2) is 17.4 Å². The van der Waals surface area contributed by atoms with Gasteiger partial charge in [-0.15, -0.1) is 0 Å². The number of halogens is 3. The monoisotopic (exact) mass is 979 g/mol. The zero-order valence-corrected chi connectivity index (χ0v) is 38.8. The van der Waals surface area contributed by atoms with Gasteiger partial charge in [-0.2, -0.15) is 18.0 Å². The number of nitrogens with one attached hydrogen (secondary N) is 2. The molecule has 0 spiro atoms. The Morgan fingerprint density at radius 1 is 0.914 bits per heavy atom. The summed E-state index contributed by atoms with van der Waals surface area (Å²) < 4.78 is 81.1. The van der Waals surface area contributed by atoms with E-state index in [4.69, 9.17) is 4.74 Å². The van der Waals surface area contributed by atoms with Crippen LogP contribution < -0.4 is 30.1 Å². The minimum atomic E-state index is -4.26. The number of anilines is 3. The zero-order valence-electron chi connectivity index (χ0n) is 38.0. The molecule has 5 aromatic rings. The fourth-order valence-electron chi connectivity index (χ4n) is 10.2. The first-order valence-electron chi connectivity index (χ1n) is 23.2. The molecule has 10 rings (SSSR count). The van der Waals surface area contributed by atoms with E-state index in [9.17, 15) is 37.2 Å². The Hall–Kier alpha value is -7.09. The number of amides is 3. The number of nitriles is 1. The number of hydrogen-bond donors (Lipinski definition) is 2. The van der Waals surface area contributed by atoms with Gasteiger partial charge in [-0.25, -0.2) is 23.1 Å². The number of ether oxygens (including phenoxy) is 1. The lowest BCUT2D eigenvalue weighted by Gasteiger charge is -2.43. The van der Waals surface area contributed by atoms with Crippen molar-refractivity contribution in [2.45, 2.75) is 63.8 Å². The second-order valence-electron chi connectivity index (χ2n) is 18.4. The second kappa shape index (κ2) is 18.7. The van der Waals surface area contributed by atoms with Crippen LogP contribution >= 0.6 is 0 Å². The zero-order chi connectivity index (χ0) is 49.0. The van der Waals surface area contributed by atoms with Gasteiger partial charge in [-0.1, -0.05) is 0 Å². The van der Waals surface area contributed by atoms with Crippen molar-refractivity contribution >= 4 is 55.9 Å². The molecule has 0 radical (unpaired) electrons. The molecule has 4 fully saturated rings. The number of alkyl halides is 1. The molecule has 0 bridgehead atoms. The molecule has 22 heteroatoms. The van der Waals surface area contributed by atoms with Crippen LogP contribution in [0, 0.1) is 28.9 Å². The number of rotatable bonds is 11. The van der Waals surface area contributed by atoms with Crippen LogP contribution in [0.4, 0.5) is 30.2 Å². The van der Waals surface area contributed by atoms with E-state index in [-0.39, 0.29) is 78.8 Å². The lowest BCUT2D eigenvalue weighted by molar-refractivity contribution is -0.136. The average molecular weight is 980 g/mol. The summed E-state index contributed by atoms with van der Waals surface area (Å²) in [7, 11) is -4.26. The van der Waals surface area contributed by atoms with E-state index in [2.05, 4.69) is 36.7 Å². The third kappa shape index (κ3) is 8.88. The van der Waals surface area contributed by atoms with Gasteiger partial charge in [0.2, 0.25) is 11.8 Å². The molecular weight excluding hydrogens is 932 g/mol. The van der Waals surface area contributed by atoms with Gasteiger partial charge in [-0.05, 0) is 93.1 Å². The summed E-state index contributed by atoms with van der Waals surface area (Å²) in [5.74, 6) is -2.56. The van der Waals surface area contributed by atoms with Crippen LogP contribution in [0.25, 0.3) is 16.7 Å². The third-order valence-electron chi connectivity index (χ3n) is 14.0. The number of piperazine rings is 1. The smallest absolute Gasteiger partial charge is 0.301 e. The van der Waals surface area contributed by atoms with E-state index in [1.54, 1.807) is 30.5 Å². The van der Waals surface area contributed by atoms with Gasteiger partial charge in [0.1, 0.15) is 41.7 Å². The molecule has 2 aromatic heterocycles. The summed E-state index contributed by atoms with van der Waals surface area (Å²) in [5.41, 5.74) is 0.996. The van der Waals surface area contributed by atoms with Crippen molar-refractivity contribution in [3.8, 4) is 23.4 Å². The molecule has 5 aliphatic heterocycles. The molecule has 5 aliphatic rings. The molecule has 0 saturated carbocycles. The first-order chi connectivity index (χ1) is 33.6. The first kappa shape index (κ1) is 46.6. The topological polar surface area (TPSA) is 206 Å².